The number of hydrogen-bond acceptors (Lipinski definition) is 3. The van der Waals surface area contributed by atoms with E-state index in [1.54, 1.807) is 55.6 Å². The summed E-state index contributed by atoms with van der Waals surface area (Å²) in [6, 6.07) is 13.9. The summed E-state index contributed by atoms with van der Waals surface area (Å²) >= 11 is 0. The fraction of sp³-hybridized carbons (Fsp3) is 0.333. The molecule has 25 heavy (non-hydrogen) atoms. The van der Waals surface area contributed by atoms with Crippen LogP contribution in [0.4, 0.5) is 0 Å². The van der Waals surface area contributed by atoms with E-state index in [9.17, 15) is 9.59 Å². The number of benzene rings is 2. The first-order chi connectivity index (χ1) is 12.1. The van der Waals surface area contributed by atoms with Crippen molar-refractivity contribution in [3.8, 4) is 5.75 Å². The van der Waals surface area contributed by atoms with Crippen molar-refractivity contribution in [2.24, 2.45) is 0 Å². The van der Waals surface area contributed by atoms with E-state index in [1.807, 2.05) is 4.90 Å². The highest BCUT2D eigenvalue weighted by atomic mass is 16.5. The average molecular weight is 339 g/mol. The molecule has 0 aliphatic rings. The van der Waals surface area contributed by atoms with Gasteiger partial charge in [-0.15, -0.1) is 0 Å². The Morgan fingerprint density at radius 1 is 0.880 bits per heavy atom. The van der Waals surface area contributed by atoms with Gasteiger partial charge in [0.25, 0.3) is 5.91 Å². The van der Waals surface area contributed by atoms with Gasteiger partial charge in [-0.25, -0.2) is 0 Å². The predicted molar refractivity (Wildman–Crippen MR) is 99.4 cm³/mol. The predicted octanol–water partition coefficient (Wildman–Crippen LogP) is 4.19. The van der Waals surface area contributed by atoms with E-state index < -0.39 is 0 Å². The highest BCUT2D eigenvalue weighted by Crippen LogP contribution is 2.17. The molecule has 1 amide bonds. The lowest BCUT2D eigenvalue weighted by atomic mass is 10.0. The quantitative estimate of drug-likeness (QED) is 0.678. The van der Waals surface area contributed by atoms with Crippen LogP contribution in [0.1, 0.15) is 53.0 Å². The Balaban J connectivity index is 2.18. The topological polar surface area (TPSA) is 46.6 Å². The molecule has 0 saturated carbocycles. The zero-order valence-corrected chi connectivity index (χ0v) is 15.1. The molecule has 0 bridgehead atoms. The molecular formula is C21H25NO3. The van der Waals surface area contributed by atoms with Gasteiger partial charge in [-0.05, 0) is 37.1 Å². The minimum absolute atomic E-state index is 0.0177. The van der Waals surface area contributed by atoms with Crippen LogP contribution in [0.2, 0.25) is 0 Å². The summed E-state index contributed by atoms with van der Waals surface area (Å²) in [7, 11) is 1.57. The standard InChI is InChI=1S/C21H25NO3/c1-4-13-22(14-5-2)21(24)17-11-9-16(10-12-17)20(23)18-7-6-8-19(15-18)25-3/h6-12,15H,4-5,13-14H2,1-3H3. The van der Waals surface area contributed by atoms with Gasteiger partial charge in [0.05, 0.1) is 7.11 Å². The minimum atomic E-state index is -0.0862. The first kappa shape index (κ1) is 18.7. The van der Waals surface area contributed by atoms with Crippen molar-refractivity contribution >= 4 is 11.7 Å². The van der Waals surface area contributed by atoms with Crippen molar-refractivity contribution in [1.29, 1.82) is 0 Å². The second-order valence-electron chi connectivity index (χ2n) is 5.93. The first-order valence-electron chi connectivity index (χ1n) is 8.68. The number of carbonyl (C=O) groups is 2. The Morgan fingerprint density at radius 2 is 1.48 bits per heavy atom. The van der Waals surface area contributed by atoms with Crippen LogP contribution in [0.15, 0.2) is 48.5 Å². The highest BCUT2D eigenvalue weighted by molar-refractivity contribution is 6.09. The molecule has 2 aromatic rings. The van der Waals surface area contributed by atoms with Gasteiger partial charge in [0, 0.05) is 29.8 Å². The molecule has 4 nitrogen and oxygen atoms in total. The summed E-state index contributed by atoms with van der Waals surface area (Å²) in [6.07, 6.45) is 1.86. The second kappa shape index (κ2) is 9.02. The fourth-order valence-corrected chi connectivity index (χ4v) is 2.73. The van der Waals surface area contributed by atoms with E-state index in [4.69, 9.17) is 4.74 Å². The lowest BCUT2D eigenvalue weighted by Gasteiger charge is -2.21. The Bertz CT molecular complexity index is 716. The largest absolute Gasteiger partial charge is 0.497 e. The smallest absolute Gasteiger partial charge is 0.253 e. The molecule has 0 spiro atoms. The summed E-state index contributed by atoms with van der Waals surface area (Å²) in [5.41, 5.74) is 1.74. The maximum Gasteiger partial charge on any atom is 0.253 e. The summed E-state index contributed by atoms with van der Waals surface area (Å²) in [5, 5.41) is 0. The van der Waals surface area contributed by atoms with Gasteiger partial charge >= 0.3 is 0 Å². The average Bonchev–Trinajstić information content (AvgIpc) is 2.67. The first-order valence-corrected chi connectivity index (χ1v) is 8.68. The SMILES string of the molecule is CCCN(CCC)C(=O)c1ccc(C(=O)c2cccc(OC)c2)cc1. The zero-order valence-electron chi connectivity index (χ0n) is 15.1. The summed E-state index contributed by atoms with van der Waals surface area (Å²) in [5.74, 6) is 0.577. The van der Waals surface area contributed by atoms with E-state index in [-0.39, 0.29) is 11.7 Å². The van der Waals surface area contributed by atoms with Gasteiger partial charge < -0.3 is 9.64 Å². The normalized spacial score (nSPS) is 10.4. The maximum atomic E-state index is 12.6. The Labute approximate surface area is 149 Å². The Morgan fingerprint density at radius 3 is 2.04 bits per heavy atom. The third kappa shape index (κ3) is 4.69. The van der Waals surface area contributed by atoms with Crippen molar-refractivity contribution in [3.63, 3.8) is 0 Å². The Kier molecular flexibility index (Phi) is 6.75. The summed E-state index contributed by atoms with van der Waals surface area (Å²) in [4.78, 5) is 27.0. The number of hydrogen-bond donors (Lipinski definition) is 0. The van der Waals surface area contributed by atoms with Crippen molar-refractivity contribution in [1.82, 2.24) is 4.90 Å². The van der Waals surface area contributed by atoms with Crippen LogP contribution in [0, 0.1) is 0 Å². The van der Waals surface area contributed by atoms with Crippen LogP contribution in [-0.2, 0) is 0 Å². The number of rotatable bonds is 8. The minimum Gasteiger partial charge on any atom is -0.497 e. The van der Waals surface area contributed by atoms with Crippen LogP contribution in [0.3, 0.4) is 0 Å². The molecule has 132 valence electrons. The van der Waals surface area contributed by atoms with Crippen molar-refractivity contribution in [3.05, 3.63) is 65.2 Å². The van der Waals surface area contributed by atoms with Gasteiger partial charge in [0.2, 0.25) is 0 Å². The molecule has 0 N–H and O–H groups in total. The van der Waals surface area contributed by atoms with E-state index in [0.717, 1.165) is 25.9 Å². The number of nitrogens with zero attached hydrogens (tertiary/aromatic N) is 1. The van der Waals surface area contributed by atoms with Gasteiger partial charge in [-0.3, -0.25) is 9.59 Å². The molecule has 0 radical (unpaired) electrons. The van der Waals surface area contributed by atoms with Gasteiger partial charge in [0.1, 0.15) is 5.75 Å². The van der Waals surface area contributed by atoms with E-state index in [0.29, 0.717) is 22.4 Å². The molecule has 0 atom stereocenters. The molecule has 0 aliphatic heterocycles. The number of ketones is 1. The molecule has 0 aromatic heterocycles. The molecule has 4 heteroatoms. The van der Waals surface area contributed by atoms with Crippen LogP contribution in [-0.4, -0.2) is 36.8 Å². The molecule has 0 unspecified atom stereocenters. The number of ether oxygens (including phenoxy) is 1. The van der Waals surface area contributed by atoms with Crippen molar-refractivity contribution in [2.75, 3.05) is 20.2 Å². The van der Waals surface area contributed by atoms with E-state index >= 15 is 0 Å². The van der Waals surface area contributed by atoms with Gasteiger partial charge in [-0.2, -0.15) is 0 Å². The van der Waals surface area contributed by atoms with Crippen molar-refractivity contribution < 1.29 is 14.3 Å². The maximum absolute atomic E-state index is 12.6. The molecular weight excluding hydrogens is 314 g/mol. The number of amides is 1. The Hall–Kier alpha value is -2.62. The van der Waals surface area contributed by atoms with E-state index in [1.165, 1.54) is 0 Å². The van der Waals surface area contributed by atoms with Gasteiger partial charge in [0.15, 0.2) is 5.78 Å². The van der Waals surface area contributed by atoms with Crippen LogP contribution in [0.25, 0.3) is 0 Å². The monoisotopic (exact) mass is 339 g/mol. The summed E-state index contributed by atoms with van der Waals surface area (Å²) < 4.78 is 5.16. The third-order valence-electron chi connectivity index (χ3n) is 4.00. The van der Waals surface area contributed by atoms with Crippen LogP contribution < -0.4 is 4.74 Å². The molecule has 0 aliphatic carbocycles. The molecule has 0 fully saturated rings. The molecule has 2 rings (SSSR count). The number of methoxy groups -OCH3 is 1. The van der Waals surface area contributed by atoms with Crippen LogP contribution >= 0.6 is 0 Å². The molecule has 2 aromatic carbocycles. The second-order valence-corrected chi connectivity index (χ2v) is 5.93. The zero-order chi connectivity index (χ0) is 18.2. The lowest BCUT2D eigenvalue weighted by Crippen LogP contribution is -2.32. The third-order valence-corrected chi connectivity index (χ3v) is 4.00. The fourth-order valence-electron chi connectivity index (χ4n) is 2.73. The summed E-state index contributed by atoms with van der Waals surface area (Å²) in [6.45, 7) is 5.62. The molecule has 0 heterocycles. The molecule has 0 saturated heterocycles. The van der Waals surface area contributed by atoms with Crippen molar-refractivity contribution in [2.45, 2.75) is 26.7 Å². The lowest BCUT2D eigenvalue weighted by molar-refractivity contribution is 0.0755. The van der Waals surface area contributed by atoms with E-state index in [2.05, 4.69) is 13.8 Å². The van der Waals surface area contributed by atoms with Crippen LogP contribution in [0.5, 0.6) is 5.75 Å². The van der Waals surface area contributed by atoms with Gasteiger partial charge in [-0.1, -0.05) is 38.1 Å². The number of carbonyl (C=O) groups excluding carboxylic acids is 2. The highest BCUT2D eigenvalue weighted by Gasteiger charge is 2.15.